The Morgan fingerprint density at radius 1 is 1.05 bits per heavy atom. The highest BCUT2D eigenvalue weighted by Crippen LogP contribution is 2.45. The smallest absolute Gasteiger partial charge is 0.115 e. The van der Waals surface area contributed by atoms with E-state index in [-0.39, 0.29) is 11.6 Å². The first-order valence-electron chi connectivity index (χ1n) is 7.83. The van der Waals surface area contributed by atoms with Crippen LogP contribution in [0.1, 0.15) is 56.6 Å². The molecule has 20 heavy (non-hydrogen) atoms. The summed E-state index contributed by atoms with van der Waals surface area (Å²) in [4.78, 5) is 11.0. The van der Waals surface area contributed by atoms with Gasteiger partial charge in [-0.2, -0.15) is 0 Å². The summed E-state index contributed by atoms with van der Waals surface area (Å²) in [6, 6.07) is 0.129. The van der Waals surface area contributed by atoms with Crippen molar-refractivity contribution in [1.29, 1.82) is 0 Å². The molecule has 110 valence electrons. The van der Waals surface area contributed by atoms with Gasteiger partial charge in [0.25, 0.3) is 0 Å². The lowest BCUT2D eigenvalue weighted by Crippen LogP contribution is -2.57. The molecular weight excluding hydrogens is 250 g/mol. The minimum Gasteiger partial charge on any atom is -0.296 e. The maximum atomic E-state index is 5.94. The molecule has 0 amide bonds. The predicted octanol–water partition coefficient (Wildman–Crippen LogP) is 1.78. The van der Waals surface area contributed by atoms with Crippen molar-refractivity contribution in [1.82, 2.24) is 20.3 Å². The molecule has 1 saturated heterocycles. The Morgan fingerprint density at radius 3 is 2.30 bits per heavy atom. The van der Waals surface area contributed by atoms with Gasteiger partial charge in [-0.15, -0.1) is 0 Å². The number of nitrogens with two attached hydrogens (primary N) is 1. The van der Waals surface area contributed by atoms with Crippen LogP contribution in [0.25, 0.3) is 0 Å². The van der Waals surface area contributed by atoms with E-state index in [4.69, 9.17) is 5.84 Å². The molecule has 1 aliphatic heterocycles. The fourth-order valence-corrected chi connectivity index (χ4v) is 4.14. The first kappa shape index (κ1) is 13.9. The van der Waals surface area contributed by atoms with E-state index in [0.717, 1.165) is 5.56 Å². The van der Waals surface area contributed by atoms with Crippen molar-refractivity contribution in [2.75, 3.05) is 13.1 Å². The Bertz CT molecular complexity index is 410. The van der Waals surface area contributed by atoms with E-state index in [1.807, 2.05) is 12.4 Å². The van der Waals surface area contributed by atoms with Gasteiger partial charge < -0.3 is 0 Å². The van der Waals surface area contributed by atoms with E-state index >= 15 is 0 Å². The highest BCUT2D eigenvalue weighted by Gasteiger charge is 2.46. The third-order valence-electron chi connectivity index (χ3n) is 5.07. The summed E-state index contributed by atoms with van der Waals surface area (Å²) in [5.74, 6) is 5.94. The summed E-state index contributed by atoms with van der Waals surface area (Å²) in [6.07, 6.45) is 14.4. The minimum absolute atomic E-state index is 0.129. The van der Waals surface area contributed by atoms with E-state index in [1.54, 1.807) is 6.33 Å². The number of hydrogen-bond acceptors (Lipinski definition) is 5. The first-order chi connectivity index (χ1) is 9.87. The molecule has 0 bridgehead atoms. The normalized spacial score (nSPS) is 24.6. The summed E-state index contributed by atoms with van der Waals surface area (Å²) in [7, 11) is 0. The molecule has 2 fully saturated rings. The highest BCUT2D eigenvalue weighted by molar-refractivity contribution is 5.19. The fourth-order valence-electron chi connectivity index (χ4n) is 4.14. The molecule has 0 aromatic carbocycles. The molecular formula is C15H25N5. The second kappa shape index (κ2) is 6.16. The van der Waals surface area contributed by atoms with Crippen LogP contribution in [0, 0.1) is 0 Å². The number of nitrogens with zero attached hydrogens (tertiary/aromatic N) is 3. The van der Waals surface area contributed by atoms with E-state index in [1.165, 1.54) is 58.0 Å². The van der Waals surface area contributed by atoms with Gasteiger partial charge in [0.2, 0.25) is 0 Å². The molecule has 3 N–H and O–H groups in total. The lowest BCUT2D eigenvalue weighted by molar-refractivity contribution is 0.0358. The average molecular weight is 275 g/mol. The molecule has 1 aromatic rings. The Hall–Kier alpha value is -1.04. The fraction of sp³-hybridized carbons (Fsp3) is 0.733. The SMILES string of the molecule is NNC(c1cncnc1)C1(N2CCCCC2)CCCC1. The van der Waals surface area contributed by atoms with Crippen molar-refractivity contribution < 1.29 is 0 Å². The van der Waals surface area contributed by atoms with Crippen LogP contribution in [0.5, 0.6) is 0 Å². The van der Waals surface area contributed by atoms with Crippen molar-refractivity contribution in [3.8, 4) is 0 Å². The van der Waals surface area contributed by atoms with Gasteiger partial charge in [0, 0.05) is 23.5 Å². The summed E-state index contributed by atoms with van der Waals surface area (Å²) >= 11 is 0. The van der Waals surface area contributed by atoms with Crippen LogP contribution in [0.4, 0.5) is 0 Å². The van der Waals surface area contributed by atoms with E-state index < -0.39 is 0 Å². The van der Waals surface area contributed by atoms with Crippen molar-refractivity contribution in [3.05, 3.63) is 24.3 Å². The lowest BCUT2D eigenvalue weighted by Gasteiger charge is -2.48. The summed E-state index contributed by atoms with van der Waals surface area (Å²) in [5, 5.41) is 0. The predicted molar refractivity (Wildman–Crippen MR) is 78.7 cm³/mol. The minimum atomic E-state index is 0.129. The Balaban J connectivity index is 1.91. The molecule has 1 aliphatic carbocycles. The molecule has 2 aliphatic rings. The highest BCUT2D eigenvalue weighted by atomic mass is 15.3. The van der Waals surface area contributed by atoms with Crippen LogP contribution in [-0.2, 0) is 0 Å². The maximum absolute atomic E-state index is 5.94. The average Bonchev–Trinajstić information content (AvgIpc) is 3.01. The van der Waals surface area contributed by atoms with Gasteiger partial charge in [-0.05, 0) is 38.8 Å². The van der Waals surface area contributed by atoms with Crippen molar-refractivity contribution in [2.24, 2.45) is 5.84 Å². The molecule has 0 spiro atoms. The number of rotatable bonds is 4. The van der Waals surface area contributed by atoms with Crippen LogP contribution in [-0.4, -0.2) is 33.5 Å². The number of aromatic nitrogens is 2. The lowest BCUT2D eigenvalue weighted by atomic mass is 9.82. The molecule has 5 nitrogen and oxygen atoms in total. The number of likely N-dealkylation sites (tertiary alicyclic amines) is 1. The standard InChI is InChI=1S/C15H25N5/c16-19-14(13-10-17-12-18-11-13)15(6-2-3-7-15)20-8-4-1-5-9-20/h10-12,14,19H,1-9,16H2. The second-order valence-electron chi connectivity index (χ2n) is 6.13. The van der Waals surface area contributed by atoms with Crippen LogP contribution < -0.4 is 11.3 Å². The molecule has 1 aromatic heterocycles. The topological polar surface area (TPSA) is 67.1 Å². The van der Waals surface area contributed by atoms with Crippen LogP contribution in [0.2, 0.25) is 0 Å². The van der Waals surface area contributed by atoms with Crippen LogP contribution >= 0.6 is 0 Å². The molecule has 2 heterocycles. The van der Waals surface area contributed by atoms with Crippen LogP contribution in [0.3, 0.4) is 0 Å². The van der Waals surface area contributed by atoms with Crippen molar-refractivity contribution in [2.45, 2.75) is 56.5 Å². The third-order valence-corrected chi connectivity index (χ3v) is 5.07. The Kier molecular flexibility index (Phi) is 4.29. The van der Waals surface area contributed by atoms with E-state index in [2.05, 4.69) is 20.3 Å². The Labute approximate surface area is 120 Å². The molecule has 1 unspecified atom stereocenters. The van der Waals surface area contributed by atoms with Gasteiger partial charge >= 0.3 is 0 Å². The maximum Gasteiger partial charge on any atom is 0.115 e. The van der Waals surface area contributed by atoms with Gasteiger partial charge in [0.15, 0.2) is 0 Å². The number of hydrogen-bond donors (Lipinski definition) is 2. The largest absolute Gasteiger partial charge is 0.296 e. The number of hydrazine groups is 1. The second-order valence-corrected chi connectivity index (χ2v) is 6.13. The zero-order valence-electron chi connectivity index (χ0n) is 12.1. The van der Waals surface area contributed by atoms with E-state index in [9.17, 15) is 0 Å². The van der Waals surface area contributed by atoms with Crippen LogP contribution in [0.15, 0.2) is 18.7 Å². The van der Waals surface area contributed by atoms with Crippen molar-refractivity contribution in [3.63, 3.8) is 0 Å². The zero-order chi connectivity index (χ0) is 13.8. The quantitative estimate of drug-likeness (QED) is 0.647. The summed E-state index contributed by atoms with van der Waals surface area (Å²) in [5.41, 5.74) is 4.34. The molecule has 5 heteroatoms. The van der Waals surface area contributed by atoms with Gasteiger partial charge in [0.1, 0.15) is 6.33 Å². The van der Waals surface area contributed by atoms with Gasteiger partial charge in [-0.25, -0.2) is 9.97 Å². The van der Waals surface area contributed by atoms with Gasteiger partial charge in [-0.3, -0.25) is 16.2 Å². The van der Waals surface area contributed by atoms with Gasteiger partial charge in [-0.1, -0.05) is 19.3 Å². The van der Waals surface area contributed by atoms with Gasteiger partial charge in [0.05, 0.1) is 6.04 Å². The molecule has 0 radical (unpaired) electrons. The Morgan fingerprint density at radius 2 is 1.70 bits per heavy atom. The first-order valence-corrected chi connectivity index (χ1v) is 7.83. The number of piperidine rings is 1. The molecule has 3 rings (SSSR count). The zero-order valence-corrected chi connectivity index (χ0v) is 12.1. The molecule has 1 saturated carbocycles. The summed E-state index contributed by atoms with van der Waals surface area (Å²) < 4.78 is 0. The molecule has 1 atom stereocenters. The summed E-state index contributed by atoms with van der Waals surface area (Å²) in [6.45, 7) is 2.40. The number of nitrogens with one attached hydrogen (secondary N) is 1. The van der Waals surface area contributed by atoms with Crippen molar-refractivity contribution >= 4 is 0 Å². The monoisotopic (exact) mass is 275 g/mol. The van der Waals surface area contributed by atoms with E-state index in [0.29, 0.717) is 0 Å². The third kappa shape index (κ3) is 2.45.